The first kappa shape index (κ1) is 15.1. The van der Waals surface area contributed by atoms with E-state index in [1.807, 2.05) is 5.92 Å². The van der Waals surface area contributed by atoms with Crippen LogP contribution in [0.1, 0.15) is 11.8 Å². The van der Waals surface area contributed by atoms with Gasteiger partial charge in [-0.15, -0.1) is 4.39 Å². The van der Waals surface area contributed by atoms with Crippen molar-refractivity contribution in [2.24, 2.45) is 0 Å². The van der Waals surface area contributed by atoms with Gasteiger partial charge in [-0.25, -0.2) is 13.6 Å². The summed E-state index contributed by atoms with van der Waals surface area (Å²) in [4.78, 5) is 15.1. The molecule has 1 aromatic heterocycles. The van der Waals surface area contributed by atoms with Crippen LogP contribution in [0.5, 0.6) is 0 Å². The molecule has 3 unspecified atom stereocenters. The average Bonchev–Trinajstić information content (AvgIpc) is 2.78. The molecule has 0 bridgehead atoms. The predicted octanol–water partition coefficient (Wildman–Crippen LogP) is 0.185. The largest absolute Gasteiger partial charge is 0.393 e. The van der Waals surface area contributed by atoms with E-state index in [1.165, 1.54) is 0 Å². The van der Waals surface area contributed by atoms with E-state index in [9.17, 15) is 18.0 Å². The van der Waals surface area contributed by atoms with Crippen LogP contribution in [0, 0.1) is 12.1 Å². The first-order chi connectivity index (χ1) is 10.0. The summed E-state index contributed by atoms with van der Waals surface area (Å²) >= 11 is 0. The van der Waals surface area contributed by atoms with Gasteiger partial charge in [-0.2, -0.15) is 4.98 Å². The highest BCUT2D eigenvalue weighted by molar-refractivity contribution is 5.48. The van der Waals surface area contributed by atoms with E-state index in [0.717, 1.165) is 12.4 Å². The van der Waals surface area contributed by atoms with Crippen LogP contribution in [0.4, 0.5) is 19.0 Å². The van der Waals surface area contributed by atoms with Gasteiger partial charge in [0, 0.05) is 11.8 Å². The van der Waals surface area contributed by atoms with Gasteiger partial charge in [-0.3, -0.25) is 4.57 Å². The number of rotatable bonds is 2. The second-order valence-electron chi connectivity index (χ2n) is 4.16. The third kappa shape index (κ3) is 2.63. The van der Waals surface area contributed by atoms with Gasteiger partial charge in [0.25, 0.3) is 0 Å². The molecule has 1 aliphatic rings. The van der Waals surface area contributed by atoms with Gasteiger partial charge < -0.3 is 15.6 Å². The summed E-state index contributed by atoms with van der Waals surface area (Å²) in [6, 6.07) is 0. The molecule has 2 rings (SSSR count). The number of ether oxygens (including phenoxy) is 1. The highest BCUT2D eigenvalue weighted by Gasteiger charge is 2.42. The predicted molar refractivity (Wildman–Crippen MR) is 66.0 cm³/mol. The van der Waals surface area contributed by atoms with E-state index in [4.69, 9.17) is 15.6 Å². The summed E-state index contributed by atoms with van der Waals surface area (Å²) in [6.45, 7) is -0.666. The number of nitrogens with two attached hydrogens (primary N) is 1. The molecule has 6 nitrogen and oxygen atoms in total. The van der Waals surface area contributed by atoms with Crippen molar-refractivity contribution >= 4 is 5.82 Å². The highest BCUT2D eigenvalue weighted by Crippen LogP contribution is 2.35. The molecule has 0 aliphatic carbocycles. The van der Waals surface area contributed by atoms with Crippen molar-refractivity contribution in [1.82, 2.24) is 9.55 Å². The number of nitrogen functional groups attached to an aromatic ring is 1. The number of hydrogen-bond donors (Lipinski definition) is 2. The average molecular weight is 301 g/mol. The summed E-state index contributed by atoms with van der Waals surface area (Å²) in [5.41, 5.74) is 3.82. The van der Waals surface area contributed by atoms with Gasteiger partial charge in [0.15, 0.2) is 12.4 Å². The number of anilines is 1. The molecule has 2 heterocycles. The smallest absolute Gasteiger partial charge is 0.351 e. The lowest BCUT2D eigenvalue weighted by molar-refractivity contribution is -0.0375. The molecule has 0 amide bonds. The Labute approximate surface area is 116 Å². The molecule has 0 aromatic carbocycles. The first-order valence-electron chi connectivity index (χ1n) is 5.74. The molecule has 1 aliphatic heterocycles. The summed E-state index contributed by atoms with van der Waals surface area (Å²) in [5, 5.41) is 9.01. The highest BCUT2D eigenvalue weighted by atomic mass is 19.1. The SMILES string of the molecule is Nc1nc(=O)n(C2OC(CO)C(=CF)C2F)cc1C#CF. The summed E-state index contributed by atoms with van der Waals surface area (Å²) in [7, 11) is 0. The lowest BCUT2D eigenvalue weighted by Gasteiger charge is -2.16. The van der Waals surface area contributed by atoms with Crippen LogP contribution in [0.15, 0.2) is 22.9 Å². The second-order valence-corrected chi connectivity index (χ2v) is 4.16. The summed E-state index contributed by atoms with van der Waals surface area (Å²) in [6.07, 6.45) is -2.77. The van der Waals surface area contributed by atoms with Gasteiger partial charge >= 0.3 is 5.69 Å². The van der Waals surface area contributed by atoms with E-state index in [0.29, 0.717) is 4.57 Å². The van der Waals surface area contributed by atoms with Gasteiger partial charge in [-0.1, -0.05) is 0 Å². The topological polar surface area (TPSA) is 90.4 Å². The molecule has 112 valence electrons. The molecule has 1 saturated heterocycles. The minimum atomic E-state index is -2.01. The number of nitrogens with zero attached hydrogens (tertiary/aromatic N) is 2. The molecule has 0 saturated carbocycles. The summed E-state index contributed by atoms with van der Waals surface area (Å²) < 4.78 is 44.6. The normalized spacial score (nSPS) is 26.7. The number of aromatic nitrogens is 2. The zero-order chi connectivity index (χ0) is 15.6. The third-order valence-electron chi connectivity index (χ3n) is 2.97. The lowest BCUT2D eigenvalue weighted by Crippen LogP contribution is -2.31. The number of aliphatic hydroxyl groups excluding tert-OH is 1. The van der Waals surface area contributed by atoms with Crippen molar-refractivity contribution in [2.45, 2.75) is 18.5 Å². The van der Waals surface area contributed by atoms with Gasteiger partial charge in [0.1, 0.15) is 18.1 Å². The Morgan fingerprint density at radius 1 is 1.62 bits per heavy atom. The number of alkyl halides is 1. The van der Waals surface area contributed by atoms with Crippen LogP contribution >= 0.6 is 0 Å². The van der Waals surface area contributed by atoms with Crippen molar-refractivity contribution in [1.29, 1.82) is 0 Å². The van der Waals surface area contributed by atoms with E-state index in [2.05, 4.69) is 4.98 Å². The Kier molecular flexibility index (Phi) is 4.30. The van der Waals surface area contributed by atoms with Crippen molar-refractivity contribution in [2.75, 3.05) is 12.3 Å². The standard InChI is InChI=1S/C12H10F3N3O3/c13-2-1-6-4-18(12(20)17-10(6)16)11-9(15)7(3-14)8(5-19)21-11/h3-4,8-9,11,19H,5H2,(H2,16,17,20). The maximum Gasteiger partial charge on any atom is 0.351 e. The lowest BCUT2D eigenvalue weighted by atomic mass is 10.1. The summed E-state index contributed by atoms with van der Waals surface area (Å²) in [5.74, 6) is 1.63. The zero-order valence-corrected chi connectivity index (χ0v) is 10.5. The Morgan fingerprint density at radius 2 is 2.33 bits per heavy atom. The molecular formula is C12H10F3N3O3. The maximum atomic E-state index is 14.1. The van der Waals surface area contributed by atoms with Crippen molar-refractivity contribution in [3.05, 3.63) is 34.1 Å². The Morgan fingerprint density at radius 3 is 2.86 bits per heavy atom. The van der Waals surface area contributed by atoms with Crippen molar-refractivity contribution < 1.29 is 23.0 Å². The first-order valence-corrected chi connectivity index (χ1v) is 5.74. The van der Waals surface area contributed by atoms with E-state index >= 15 is 0 Å². The molecule has 1 aromatic rings. The van der Waals surface area contributed by atoms with Crippen LogP contribution in [0.3, 0.4) is 0 Å². The van der Waals surface area contributed by atoms with Crippen molar-refractivity contribution in [3.8, 4) is 12.1 Å². The maximum absolute atomic E-state index is 14.1. The fraction of sp³-hybridized carbons (Fsp3) is 0.333. The van der Waals surface area contributed by atoms with E-state index in [1.54, 1.807) is 0 Å². The van der Waals surface area contributed by atoms with Crippen LogP contribution in [-0.4, -0.2) is 33.5 Å². The molecule has 0 spiro atoms. The monoisotopic (exact) mass is 301 g/mol. The number of hydrogen-bond acceptors (Lipinski definition) is 5. The van der Waals surface area contributed by atoms with Gasteiger partial charge in [0.2, 0.25) is 0 Å². The molecule has 1 fully saturated rings. The fourth-order valence-electron chi connectivity index (χ4n) is 1.95. The van der Waals surface area contributed by atoms with E-state index in [-0.39, 0.29) is 17.7 Å². The minimum absolute atomic E-state index is 0.0242. The van der Waals surface area contributed by atoms with Crippen LogP contribution in [-0.2, 0) is 4.74 Å². The van der Waals surface area contributed by atoms with E-state index < -0.39 is 36.4 Å². The quantitative estimate of drug-likeness (QED) is 0.761. The van der Waals surface area contributed by atoms with Gasteiger partial charge in [-0.05, 0) is 5.92 Å². The van der Waals surface area contributed by atoms with Crippen LogP contribution in [0.2, 0.25) is 0 Å². The molecule has 0 radical (unpaired) electrons. The molecule has 21 heavy (non-hydrogen) atoms. The molecular weight excluding hydrogens is 291 g/mol. The Bertz CT molecular complexity index is 692. The zero-order valence-electron chi connectivity index (χ0n) is 10.5. The van der Waals surface area contributed by atoms with Crippen molar-refractivity contribution in [3.63, 3.8) is 0 Å². The minimum Gasteiger partial charge on any atom is -0.393 e. The van der Waals surface area contributed by atoms with Crippen LogP contribution in [0.25, 0.3) is 0 Å². The Balaban J connectivity index is 2.49. The number of halogens is 3. The Hall–Kier alpha value is -2.31. The third-order valence-corrected chi connectivity index (χ3v) is 2.97. The fourth-order valence-corrected chi connectivity index (χ4v) is 1.95. The second kappa shape index (κ2) is 5.99. The molecule has 3 atom stereocenters. The van der Waals surface area contributed by atoms with Gasteiger partial charge in [0.05, 0.1) is 18.5 Å². The molecule has 3 N–H and O–H groups in total. The number of aliphatic hydroxyl groups is 1. The van der Waals surface area contributed by atoms with Crippen LogP contribution < -0.4 is 11.4 Å². The molecule has 9 heteroatoms.